The molecule has 6 heteroatoms. The second-order valence-electron chi connectivity index (χ2n) is 5.47. The van der Waals surface area contributed by atoms with Gasteiger partial charge in [0.25, 0.3) is 5.82 Å². The summed E-state index contributed by atoms with van der Waals surface area (Å²) in [5.74, 6) is 0.139. The van der Waals surface area contributed by atoms with Gasteiger partial charge in [0.2, 0.25) is 0 Å². The normalized spacial score (nSPS) is 11.3. The molecule has 1 aromatic carbocycles. The van der Waals surface area contributed by atoms with Crippen LogP contribution in [0.4, 0.5) is 0 Å². The lowest BCUT2D eigenvalue weighted by molar-refractivity contribution is 0.424. The SMILES string of the molecule is CC(C)(C)NCc1c(Cl)cccc1-n1cnc(C#N)n1. The molecule has 104 valence electrons. The van der Waals surface area contributed by atoms with E-state index in [-0.39, 0.29) is 11.4 Å². The first-order valence-corrected chi connectivity index (χ1v) is 6.63. The maximum atomic E-state index is 8.81. The van der Waals surface area contributed by atoms with Crippen LogP contribution in [0, 0.1) is 11.3 Å². The Morgan fingerprint density at radius 2 is 2.15 bits per heavy atom. The van der Waals surface area contributed by atoms with Gasteiger partial charge in [-0.25, -0.2) is 9.67 Å². The summed E-state index contributed by atoms with van der Waals surface area (Å²) < 4.78 is 1.57. The number of halogens is 1. The molecule has 0 atom stereocenters. The van der Waals surface area contributed by atoms with Gasteiger partial charge in [-0.05, 0) is 32.9 Å². The molecule has 0 bridgehead atoms. The molecule has 0 aliphatic heterocycles. The molecule has 1 aromatic heterocycles. The molecule has 0 spiro atoms. The molecule has 0 fully saturated rings. The van der Waals surface area contributed by atoms with Crippen LogP contribution in [-0.4, -0.2) is 20.3 Å². The molecule has 0 saturated carbocycles. The number of hydrogen-bond donors (Lipinski definition) is 1. The fraction of sp³-hybridized carbons (Fsp3) is 0.357. The number of hydrogen-bond acceptors (Lipinski definition) is 4. The highest BCUT2D eigenvalue weighted by molar-refractivity contribution is 6.31. The quantitative estimate of drug-likeness (QED) is 0.943. The van der Waals surface area contributed by atoms with Crippen LogP contribution in [0.25, 0.3) is 5.69 Å². The van der Waals surface area contributed by atoms with E-state index in [9.17, 15) is 0 Å². The largest absolute Gasteiger partial charge is 0.308 e. The predicted molar refractivity (Wildman–Crippen MR) is 77.7 cm³/mol. The van der Waals surface area contributed by atoms with Gasteiger partial charge in [-0.3, -0.25) is 0 Å². The molecule has 2 aromatic rings. The van der Waals surface area contributed by atoms with Crippen molar-refractivity contribution in [2.45, 2.75) is 32.9 Å². The highest BCUT2D eigenvalue weighted by Crippen LogP contribution is 2.23. The molecule has 0 aliphatic carbocycles. The molecule has 5 nitrogen and oxygen atoms in total. The van der Waals surface area contributed by atoms with Crippen molar-refractivity contribution in [3.8, 4) is 11.8 Å². The lowest BCUT2D eigenvalue weighted by Gasteiger charge is -2.22. The van der Waals surface area contributed by atoms with Crippen LogP contribution in [-0.2, 0) is 6.54 Å². The molecule has 0 amide bonds. The van der Waals surface area contributed by atoms with E-state index in [4.69, 9.17) is 16.9 Å². The third kappa shape index (κ3) is 3.35. The van der Waals surface area contributed by atoms with Crippen LogP contribution in [0.15, 0.2) is 24.5 Å². The summed E-state index contributed by atoms with van der Waals surface area (Å²) in [6.07, 6.45) is 1.52. The van der Waals surface area contributed by atoms with E-state index in [1.807, 2.05) is 24.3 Å². The Bertz CT molecular complexity index is 648. The zero-order valence-electron chi connectivity index (χ0n) is 11.7. The smallest absolute Gasteiger partial charge is 0.252 e. The van der Waals surface area contributed by atoms with E-state index in [1.165, 1.54) is 6.33 Å². The van der Waals surface area contributed by atoms with E-state index in [0.29, 0.717) is 11.6 Å². The minimum atomic E-state index is -0.0172. The number of nitrogens with one attached hydrogen (secondary N) is 1. The van der Waals surface area contributed by atoms with Crippen LogP contribution < -0.4 is 5.32 Å². The molecule has 1 heterocycles. The first-order valence-electron chi connectivity index (χ1n) is 6.25. The minimum Gasteiger partial charge on any atom is -0.308 e. The Kier molecular flexibility index (Phi) is 4.07. The standard InChI is InChI=1S/C14H16ClN5/c1-14(2,3)18-8-10-11(15)5-4-6-12(10)20-9-17-13(7-16)19-20/h4-6,9,18H,8H2,1-3H3. The maximum absolute atomic E-state index is 8.81. The van der Waals surface area contributed by atoms with Gasteiger partial charge in [0.1, 0.15) is 12.4 Å². The molecule has 2 rings (SSSR count). The summed E-state index contributed by atoms with van der Waals surface area (Å²) in [5.41, 5.74) is 1.73. The van der Waals surface area contributed by atoms with E-state index < -0.39 is 0 Å². The molecule has 0 saturated heterocycles. The Hall–Kier alpha value is -1.90. The topological polar surface area (TPSA) is 66.5 Å². The summed E-state index contributed by atoms with van der Waals surface area (Å²) >= 11 is 6.28. The van der Waals surface area contributed by atoms with E-state index >= 15 is 0 Å². The first-order chi connectivity index (χ1) is 9.40. The third-order valence-electron chi connectivity index (χ3n) is 2.73. The van der Waals surface area contributed by atoms with Gasteiger partial charge < -0.3 is 5.32 Å². The number of rotatable bonds is 3. The van der Waals surface area contributed by atoms with Crippen molar-refractivity contribution >= 4 is 11.6 Å². The molecule has 20 heavy (non-hydrogen) atoms. The zero-order valence-corrected chi connectivity index (χ0v) is 12.4. The zero-order chi connectivity index (χ0) is 14.8. The fourth-order valence-corrected chi connectivity index (χ4v) is 1.96. The average Bonchev–Trinajstić information content (AvgIpc) is 2.84. The highest BCUT2D eigenvalue weighted by atomic mass is 35.5. The summed E-state index contributed by atoms with van der Waals surface area (Å²) in [7, 11) is 0. The van der Waals surface area contributed by atoms with E-state index in [2.05, 4.69) is 36.2 Å². The molecule has 1 N–H and O–H groups in total. The van der Waals surface area contributed by atoms with Crippen molar-refractivity contribution in [3.63, 3.8) is 0 Å². The van der Waals surface area contributed by atoms with Crippen LogP contribution in [0.2, 0.25) is 5.02 Å². The van der Waals surface area contributed by atoms with Crippen molar-refractivity contribution in [2.75, 3.05) is 0 Å². The Balaban J connectivity index is 2.38. The molecular weight excluding hydrogens is 274 g/mol. The van der Waals surface area contributed by atoms with E-state index in [1.54, 1.807) is 4.68 Å². The molecule has 0 unspecified atom stereocenters. The van der Waals surface area contributed by atoms with Crippen LogP contribution in [0.5, 0.6) is 0 Å². The van der Waals surface area contributed by atoms with Gasteiger partial charge in [0.05, 0.1) is 5.69 Å². The minimum absolute atomic E-state index is 0.0172. The maximum Gasteiger partial charge on any atom is 0.252 e. The van der Waals surface area contributed by atoms with Gasteiger partial charge in [-0.15, -0.1) is 5.10 Å². The summed E-state index contributed by atoms with van der Waals surface area (Å²) in [5, 5.41) is 17.0. The van der Waals surface area contributed by atoms with Crippen LogP contribution in [0.3, 0.4) is 0 Å². The van der Waals surface area contributed by atoms with E-state index in [0.717, 1.165) is 11.3 Å². The Morgan fingerprint density at radius 3 is 2.75 bits per heavy atom. The average molecular weight is 290 g/mol. The van der Waals surface area contributed by atoms with Gasteiger partial charge in [0, 0.05) is 22.7 Å². The van der Waals surface area contributed by atoms with Gasteiger partial charge in [-0.1, -0.05) is 17.7 Å². The van der Waals surface area contributed by atoms with Gasteiger partial charge >= 0.3 is 0 Å². The number of nitrogens with zero attached hydrogens (tertiary/aromatic N) is 4. The Morgan fingerprint density at radius 1 is 1.40 bits per heavy atom. The summed E-state index contributed by atoms with van der Waals surface area (Å²) in [6.45, 7) is 6.88. The van der Waals surface area contributed by atoms with Crippen molar-refractivity contribution < 1.29 is 0 Å². The Labute approximate surface area is 123 Å². The first kappa shape index (κ1) is 14.5. The van der Waals surface area contributed by atoms with Crippen LogP contribution in [0.1, 0.15) is 32.2 Å². The summed E-state index contributed by atoms with van der Waals surface area (Å²) in [4.78, 5) is 3.92. The molecule has 0 aliphatic rings. The van der Waals surface area contributed by atoms with Gasteiger partial charge in [0.15, 0.2) is 0 Å². The number of aromatic nitrogens is 3. The predicted octanol–water partition coefficient (Wildman–Crippen LogP) is 2.68. The monoisotopic (exact) mass is 289 g/mol. The lowest BCUT2D eigenvalue weighted by Crippen LogP contribution is -2.35. The second-order valence-corrected chi connectivity index (χ2v) is 5.87. The lowest BCUT2D eigenvalue weighted by atomic mass is 10.1. The second kappa shape index (κ2) is 5.61. The van der Waals surface area contributed by atoms with Crippen molar-refractivity contribution in [1.29, 1.82) is 5.26 Å². The van der Waals surface area contributed by atoms with Crippen molar-refractivity contribution in [3.05, 3.63) is 40.9 Å². The summed E-state index contributed by atoms with van der Waals surface area (Å²) in [6, 6.07) is 7.51. The third-order valence-corrected chi connectivity index (χ3v) is 3.08. The van der Waals surface area contributed by atoms with Crippen molar-refractivity contribution in [1.82, 2.24) is 20.1 Å². The van der Waals surface area contributed by atoms with Crippen molar-refractivity contribution in [2.24, 2.45) is 0 Å². The molecular formula is C14H16ClN5. The highest BCUT2D eigenvalue weighted by Gasteiger charge is 2.14. The number of nitriles is 1. The number of benzene rings is 1. The van der Waals surface area contributed by atoms with Crippen LogP contribution >= 0.6 is 11.6 Å². The fourth-order valence-electron chi connectivity index (χ4n) is 1.72. The molecule has 0 radical (unpaired) electrons. The van der Waals surface area contributed by atoms with Gasteiger partial charge in [-0.2, -0.15) is 5.26 Å².